The van der Waals surface area contributed by atoms with Gasteiger partial charge in [0.05, 0.1) is 17.8 Å². The number of amides is 2. The molecule has 0 bridgehead atoms. The van der Waals surface area contributed by atoms with E-state index in [0.717, 1.165) is 41.5 Å². The van der Waals surface area contributed by atoms with Crippen LogP contribution in [0.1, 0.15) is 23.7 Å². The number of aryl methyl sites for hydroxylation is 2. The Balaban J connectivity index is 1.57. The monoisotopic (exact) mass is 402 g/mol. The second-order valence-corrected chi connectivity index (χ2v) is 7.25. The van der Waals surface area contributed by atoms with Crippen LogP contribution in [0.4, 0.5) is 10.5 Å². The number of pyridine rings is 1. The van der Waals surface area contributed by atoms with E-state index in [0.29, 0.717) is 25.5 Å². The lowest BCUT2D eigenvalue weighted by Gasteiger charge is -2.36. The Bertz CT molecular complexity index is 835. The molecule has 28 heavy (non-hydrogen) atoms. The van der Waals surface area contributed by atoms with E-state index in [1.54, 1.807) is 7.11 Å². The van der Waals surface area contributed by atoms with Gasteiger partial charge in [0.2, 0.25) is 5.88 Å². The molecule has 1 aromatic heterocycles. The van der Waals surface area contributed by atoms with Crippen molar-refractivity contribution in [2.24, 2.45) is 0 Å². The Hall–Kier alpha value is -2.47. The van der Waals surface area contributed by atoms with E-state index in [1.165, 1.54) is 5.56 Å². The highest BCUT2D eigenvalue weighted by molar-refractivity contribution is 6.33. The van der Waals surface area contributed by atoms with Gasteiger partial charge in [-0.2, -0.15) is 0 Å². The number of urea groups is 1. The highest BCUT2D eigenvalue weighted by Gasteiger charge is 2.22. The van der Waals surface area contributed by atoms with E-state index < -0.39 is 0 Å². The summed E-state index contributed by atoms with van der Waals surface area (Å²) in [6, 6.07) is 9.81. The van der Waals surface area contributed by atoms with E-state index in [1.807, 2.05) is 36.1 Å². The first-order valence-corrected chi connectivity index (χ1v) is 9.97. The highest BCUT2D eigenvalue weighted by Crippen LogP contribution is 2.26. The van der Waals surface area contributed by atoms with E-state index >= 15 is 0 Å². The zero-order valence-electron chi connectivity index (χ0n) is 16.7. The summed E-state index contributed by atoms with van der Waals surface area (Å²) < 4.78 is 5.38. The average molecular weight is 403 g/mol. The third-order valence-electron chi connectivity index (χ3n) is 5.12. The number of para-hydroxylation sites is 1. The zero-order chi connectivity index (χ0) is 20.1. The number of nitrogens with zero attached hydrogens (tertiary/aromatic N) is 3. The molecule has 0 radical (unpaired) electrons. The Kier molecular flexibility index (Phi) is 6.62. The van der Waals surface area contributed by atoms with Crippen molar-refractivity contribution in [2.45, 2.75) is 26.8 Å². The summed E-state index contributed by atoms with van der Waals surface area (Å²) in [6.07, 6.45) is 0.897. The van der Waals surface area contributed by atoms with Crippen LogP contribution < -0.4 is 15.0 Å². The molecule has 1 aliphatic rings. The maximum Gasteiger partial charge on any atom is 0.317 e. The Labute approximate surface area is 171 Å². The number of benzene rings is 1. The molecule has 0 unspecified atom stereocenters. The van der Waals surface area contributed by atoms with Crippen molar-refractivity contribution < 1.29 is 9.53 Å². The molecule has 1 fully saturated rings. The second-order valence-electron chi connectivity index (χ2n) is 6.84. The molecule has 2 aromatic rings. The maximum absolute atomic E-state index is 12.6. The van der Waals surface area contributed by atoms with Gasteiger partial charge < -0.3 is 19.9 Å². The van der Waals surface area contributed by atoms with E-state index in [9.17, 15) is 4.79 Å². The van der Waals surface area contributed by atoms with Gasteiger partial charge in [-0.1, -0.05) is 30.7 Å². The van der Waals surface area contributed by atoms with Crippen molar-refractivity contribution >= 4 is 23.3 Å². The minimum atomic E-state index is -0.0699. The first kappa shape index (κ1) is 20.3. The largest absolute Gasteiger partial charge is 0.481 e. The number of piperazine rings is 1. The summed E-state index contributed by atoms with van der Waals surface area (Å²) in [7, 11) is 1.60. The number of hydrogen-bond donors (Lipinski definition) is 1. The molecule has 2 amide bonds. The fourth-order valence-corrected chi connectivity index (χ4v) is 3.73. The van der Waals surface area contributed by atoms with Crippen molar-refractivity contribution in [3.8, 4) is 5.88 Å². The molecule has 1 N–H and O–H groups in total. The van der Waals surface area contributed by atoms with Gasteiger partial charge in [-0.05, 0) is 37.1 Å². The van der Waals surface area contributed by atoms with E-state index in [-0.39, 0.29) is 6.03 Å². The summed E-state index contributed by atoms with van der Waals surface area (Å²) in [5, 5.41) is 3.74. The van der Waals surface area contributed by atoms with Crippen molar-refractivity contribution in [1.82, 2.24) is 15.2 Å². The lowest BCUT2D eigenvalue weighted by molar-refractivity contribution is 0.194. The van der Waals surface area contributed by atoms with Crippen LogP contribution in [-0.4, -0.2) is 49.2 Å². The number of rotatable bonds is 5. The normalized spacial score (nSPS) is 14.1. The summed E-state index contributed by atoms with van der Waals surface area (Å²) in [4.78, 5) is 21.2. The van der Waals surface area contributed by atoms with Crippen LogP contribution >= 0.6 is 11.6 Å². The number of aromatic nitrogens is 1. The highest BCUT2D eigenvalue weighted by atomic mass is 35.5. The van der Waals surface area contributed by atoms with Gasteiger partial charge in [0.15, 0.2) is 0 Å². The van der Waals surface area contributed by atoms with Crippen LogP contribution in [0.25, 0.3) is 0 Å². The third-order valence-corrected chi connectivity index (χ3v) is 5.44. The number of nitrogens with one attached hydrogen (secondary N) is 1. The molecule has 6 nitrogen and oxygen atoms in total. The van der Waals surface area contributed by atoms with Crippen LogP contribution in [0.2, 0.25) is 5.02 Å². The van der Waals surface area contributed by atoms with Crippen LogP contribution in [0, 0.1) is 6.92 Å². The minimum absolute atomic E-state index is 0.0699. The molecule has 0 aliphatic carbocycles. The standard InChI is InChI=1S/C21H27ClN4O2/c1-4-16-13-17(20(28-3)24-15(16)2)14-23-21(27)26-11-9-25(10-12-26)19-8-6-5-7-18(19)22/h5-8,13H,4,9-12,14H2,1-3H3,(H,23,27). The van der Waals surface area contributed by atoms with Crippen LogP contribution in [0.15, 0.2) is 30.3 Å². The molecule has 1 saturated heterocycles. The number of carbonyl (C=O) groups excluding carboxylic acids is 1. The fourth-order valence-electron chi connectivity index (χ4n) is 3.47. The molecular formula is C21H27ClN4O2. The summed E-state index contributed by atoms with van der Waals surface area (Å²) in [6.45, 7) is 7.28. The lowest BCUT2D eigenvalue weighted by Crippen LogP contribution is -2.51. The Morgan fingerprint density at radius 3 is 2.57 bits per heavy atom. The van der Waals surface area contributed by atoms with Crippen molar-refractivity contribution in [2.75, 3.05) is 38.2 Å². The van der Waals surface area contributed by atoms with Crippen molar-refractivity contribution in [3.05, 3.63) is 52.2 Å². The molecular weight excluding hydrogens is 376 g/mol. The quantitative estimate of drug-likeness (QED) is 0.829. The van der Waals surface area contributed by atoms with Crippen molar-refractivity contribution in [1.29, 1.82) is 0 Å². The molecule has 2 heterocycles. The lowest BCUT2D eigenvalue weighted by atomic mass is 10.1. The number of hydrogen-bond acceptors (Lipinski definition) is 4. The first-order valence-electron chi connectivity index (χ1n) is 9.59. The minimum Gasteiger partial charge on any atom is -0.481 e. The molecule has 0 saturated carbocycles. The van der Waals surface area contributed by atoms with Gasteiger partial charge in [0.25, 0.3) is 0 Å². The Morgan fingerprint density at radius 1 is 1.21 bits per heavy atom. The van der Waals surface area contributed by atoms with Gasteiger partial charge in [-0.25, -0.2) is 9.78 Å². The predicted octanol–water partition coefficient (Wildman–Crippen LogP) is 3.65. The predicted molar refractivity (Wildman–Crippen MR) is 112 cm³/mol. The number of ether oxygens (including phenoxy) is 1. The maximum atomic E-state index is 12.6. The van der Waals surface area contributed by atoms with Gasteiger partial charge in [0, 0.05) is 44.0 Å². The zero-order valence-corrected chi connectivity index (χ0v) is 17.4. The number of halogens is 1. The summed E-state index contributed by atoms with van der Waals surface area (Å²) in [5.74, 6) is 0.568. The van der Waals surface area contributed by atoms with Gasteiger partial charge in [-0.15, -0.1) is 0 Å². The van der Waals surface area contributed by atoms with Crippen LogP contribution in [0.5, 0.6) is 5.88 Å². The SMILES string of the molecule is CCc1cc(CNC(=O)N2CCN(c3ccccc3Cl)CC2)c(OC)nc1C. The molecule has 0 spiro atoms. The Morgan fingerprint density at radius 2 is 1.93 bits per heavy atom. The first-order chi connectivity index (χ1) is 13.5. The van der Waals surface area contributed by atoms with Gasteiger partial charge in [-0.3, -0.25) is 0 Å². The fraction of sp³-hybridized carbons (Fsp3) is 0.429. The number of anilines is 1. The van der Waals surface area contributed by atoms with Crippen LogP contribution in [0.3, 0.4) is 0 Å². The molecule has 7 heteroatoms. The molecule has 150 valence electrons. The average Bonchev–Trinajstić information content (AvgIpc) is 2.72. The summed E-state index contributed by atoms with van der Waals surface area (Å²) in [5.41, 5.74) is 4.04. The molecule has 3 rings (SSSR count). The van der Waals surface area contributed by atoms with E-state index in [2.05, 4.69) is 28.2 Å². The molecule has 0 atom stereocenters. The third kappa shape index (κ3) is 4.50. The van der Waals surface area contributed by atoms with E-state index in [4.69, 9.17) is 16.3 Å². The van der Waals surface area contributed by atoms with Crippen molar-refractivity contribution in [3.63, 3.8) is 0 Å². The molecule has 1 aliphatic heterocycles. The van der Waals surface area contributed by atoms with Gasteiger partial charge >= 0.3 is 6.03 Å². The second kappa shape index (κ2) is 9.15. The van der Waals surface area contributed by atoms with Crippen LogP contribution in [-0.2, 0) is 13.0 Å². The van der Waals surface area contributed by atoms with Gasteiger partial charge in [0.1, 0.15) is 0 Å². The number of methoxy groups -OCH3 is 1. The topological polar surface area (TPSA) is 57.7 Å². The number of carbonyl (C=O) groups is 1. The summed E-state index contributed by atoms with van der Waals surface area (Å²) >= 11 is 6.29. The smallest absolute Gasteiger partial charge is 0.317 e. The molecule has 1 aromatic carbocycles.